The Morgan fingerprint density at radius 3 is 2.88 bits per heavy atom. The van der Waals surface area contributed by atoms with Crippen LogP contribution in [0, 0.1) is 0 Å². The molecule has 7 heteroatoms. The summed E-state index contributed by atoms with van der Waals surface area (Å²) in [4.78, 5) is 42.7. The van der Waals surface area contributed by atoms with Crippen LogP contribution in [0.2, 0.25) is 0 Å². The van der Waals surface area contributed by atoms with E-state index < -0.39 is 12.1 Å². The van der Waals surface area contributed by atoms with Crippen LogP contribution in [0.1, 0.15) is 38.4 Å². The first-order valence-corrected chi connectivity index (χ1v) is 8.51. The number of nitrogens with one attached hydrogen (secondary N) is 2. The number of carbonyl (C=O) groups is 2. The van der Waals surface area contributed by atoms with Gasteiger partial charge in [-0.05, 0) is 38.3 Å². The molecule has 0 bridgehead atoms. The summed E-state index contributed by atoms with van der Waals surface area (Å²) in [6, 6.07) is 7.35. The van der Waals surface area contributed by atoms with Crippen LogP contribution in [0.15, 0.2) is 29.1 Å². The molecule has 1 aliphatic rings. The normalized spacial score (nSPS) is 14.9. The van der Waals surface area contributed by atoms with Gasteiger partial charge in [-0.3, -0.25) is 14.4 Å². The quantitative estimate of drug-likeness (QED) is 0.741. The summed E-state index contributed by atoms with van der Waals surface area (Å²) in [5.41, 5.74) is 0.447. The molecular weight excluding hydrogens is 322 g/mol. The van der Waals surface area contributed by atoms with Crippen LogP contribution in [-0.4, -0.2) is 34.0 Å². The third-order valence-electron chi connectivity index (χ3n) is 4.06. The molecule has 1 atom stereocenters. The number of para-hydroxylation sites is 1. The third kappa shape index (κ3) is 4.65. The van der Waals surface area contributed by atoms with Gasteiger partial charge in [-0.15, -0.1) is 0 Å². The molecule has 0 spiro atoms. The number of amides is 1. The van der Waals surface area contributed by atoms with E-state index >= 15 is 0 Å². The van der Waals surface area contributed by atoms with Gasteiger partial charge in [-0.2, -0.15) is 0 Å². The minimum atomic E-state index is -0.785. The van der Waals surface area contributed by atoms with Crippen molar-refractivity contribution in [3.8, 4) is 0 Å². The molecule has 2 aromatic rings. The molecule has 1 saturated carbocycles. The number of H-pyrrole nitrogens is 1. The lowest BCUT2D eigenvalue weighted by Crippen LogP contribution is -2.37. The van der Waals surface area contributed by atoms with Crippen molar-refractivity contribution in [2.45, 2.75) is 51.2 Å². The van der Waals surface area contributed by atoms with Gasteiger partial charge < -0.3 is 15.0 Å². The zero-order valence-corrected chi connectivity index (χ0v) is 14.1. The number of aryl methyl sites for hydroxylation is 1. The van der Waals surface area contributed by atoms with Crippen molar-refractivity contribution in [2.75, 3.05) is 0 Å². The van der Waals surface area contributed by atoms with Crippen LogP contribution in [0.25, 0.3) is 10.9 Å². The van der Waals surface area contributed by atoms with E-state index in [4.69, 9.17) is 4.74 Å². The van der Waals surface area contributed by atoms with Gasteiger partial charge in [-0.1, -0.05) is 12.1 Å². The van der Waals surface area contributed by atoms with E-state index in [1.54, 1.807) is 25.1 Å². The Hall–Kier alpha value is -2.70. The second-order valence-corrected chi connectivity index (χ2v) is 6.30. The Balaban J connectivity index is 1.48. The molecule has 3 rings (SSSR count). The number of nitrogens with zero attached hydrogens (tertiary/aromatic N) is 1. The van der Waals surface area contributed by atoms with E-state index in [0.717, 1.165) is 12.8 Å². The Morgan fingerprint density at radius 2 is 2.12 bits per heavy atom. The summed E-state index contributed by atoms with van der Waals surface area (Å²) >= 11 is 0. The van der Waals surface area contributed by atoms with Crippen molar-refractivity contribution >= 4 is 22.8 Å². The molecule has 1 aromatic carbocycles. The highest BCUT2D eigenvalue weighted by Crippen LogP contribution is 2.18. The van der Waals surface area contributed by atoms with Crippen molar-refractivity contribution in [3.05, 3.63) is 40.4 Å². The van der Waals surface area contributed by atoms with E-state index in [9.17, 15) is 14.4 Å². The minimum absolute atomic E-state index is 0.164. The summed E-state index contributed by atoms with van der Waals surface area (Å²) in [6.45, 7) is 1.57. The molecule has 1 aromatic heterocycles. The van der Waals surface area contributed by atoms with E-state index in [0.29, 0.717) is 29.6 Å². The smallest absolute Gasteiger partial charge is 0.306 e. The third-order valence-corrected chi connectivity index (χ3v) is 4.06. The van der Waals surface area contributed by atoms with Crippen molar-refractivity contribution in [1.29, 1.82) is 0 Å². The molecule has 25 heavy (non-hydrogen) atoms. The van der Waals surface area contributed by atoms with Crippen molar-refractivity contribution < 1.29 is 14.3 Å². The van der Waals surface area contributed by atoms with Gasteiger partial charge in [0, 0.05) is 18.9 Å². The number of carbonyl (C=O) groups excluding carboxylic acids is 2. The first kappa shape index (κ1) is 17.1. The predicted octanol–water partition coefficient (Wildman–Crippen LogP) is 1.46. The Bertz CT molecular complexity index is 842. The van der Waals surface area contributed by atoms with Crippen LogP contribution in [-0.2, 0) is 20.7 Å². The average Bonchev–Trinajstić information content (AvgIpc) is 3.39. The molecule has 0 saturated heterocycles. The number of fused-ring (bicyclic) bond motifs is 1. The molecule has 2 N–H and O–H groups in total. The van der Waals surface area contributed by atoms with Crippen molar-refractivity contribution in [3.63, 3.8) is 0 Å². The lowest BCUT2D eigenvalue weighted by molar-refractivity contribution is -0.154. The highest BCUT2D eigenvalue weighted by molar-refractivity contribution is 5.83. The number of aromatic amines is 1. The maximum Gasteiger partial charge on any atom is 0.306 e. The van der Waals surface area contributed by atoms with Gasteiger partial charge in [0.1, 0.15) is 5.82 Å². The second-order valence-electron chi connectivity index (χ2n) is 6.30. The fourth-order valence-corrected chi connectivity index (χ4v) is 2.51. The number of benzene rings is 1. The SMILES string of the molecule is C[C@@H](OC(=O)CCCc1nc2ccccc2c(=O)[nH]1)C(=O)NC1CC1. The predicted molar refractivity (Wildman–Crippen MR) is 92.0 cm³/mol. The number of hydrogen-bond donors (Lipinski definition) is 2. The maximum absolute atomic E-state index is 12.0. The highest BCUT2D eigenvalue weighted by atomic mass is 16.5. The van der Waals surface area contributed by atoms with Crippen LogP contribution in [0.3, 0.4) is 0 Å². The molecule has 1 heterocycles. The lowest BCUT2D eigenvalue weighted by atomic mass is 10.2. The molecule has 0 aliphatic heterocycles. The van der Waals surface area contributed by atoms with Crippen LogP contribution >= 0.6 is 0 Å². The number of ether oxygens (including phenoxy) is 1. The molecule has 7 nitrogen and oxygen atoms in total. The van der Waals surface area contributed by atoms with Crippen LogP contribution < -0.4 is 10.9 Å². The lowest BCUT2D eigenvalue weighted by Gasteiger charge is -2.13. The zero-order chi connectivity index (χ0) is 17.8. The summed E-state index contributed by atoms with van der Waals surface area (Å²) in [6.07, 6.45) is 2.30. The van der Waals surface area contributed by atoms with Gasteiger partial charge in [0.2, 0.25) is 0 Å². The fraction of sp³-hybridized carbons (Fsp3) is 0.444. The zero-order valence-electron chi connectivity index (χ0n) is 14.1. The molecule has 1 amide bonds. The summed E-state index contributed by atoms with van der Waals surface area (Å²) in [5.74, 6) is -0.144. The van der Waals surface area contributed by atoms with Gasteiger partial charge in [0.15, 0.2) is 6.10 Å². The summed E-state index contributed by atoms with van der Waals surface area (Å²) < 4.78 is 5.13. The minimum Gasteiger partial charge on any atom is -0.453 e. The first-order chi connectivity index (χ1) is 12.0. The molecule has 1 fully saturated rings. The summed E-state index contributed by atoms with van der Waals surface area (Å²) in [7, 11) is 0. The molecule has 0 radical (unpaired) electrons. The average molecular weight is 343 g/mol. The van der Waals surface area contributed by atoms with Gasteiger partial charge in [0.05, 0.1) is 10.9 Å². The van der Waals surface area contributed by atoms with Gasteiger partial charge in [0.25, 0.3) is 11.5 Å². The largest absolute Gasteiger partial charge is 0.453 e. The monoisotopic (exact) mass is 343 g/mol. The number of rotatable bonds is 7. The molecule has 0 unspecified atom stereocenters. The van der Waals surface area contributed by atoms with E-state index in [1.807, 2.05) is 6.07 Å². The maximum atomic E-state index is 12.0. The van der Waals surface area contributed by atoms with Crippen LogP contribution in [0.4, 0.5) is 0 Å². The first-order valence-electron chi connectivity index (χ1n) is 8.51. The molecular formula is C18H21N3O4. The van der Waals surface area contributed by atoms with E-state index in [2.05, 4.69) is 15.3 Å². The van der Waals surface area contributed by atoms with E-state index in [-0.39, 0.29) is 23.9 Å². The second kappa shape index (κ2) is 7.46. The fourth-order valence-electron chi connectivity index (χ4n) is 2.51. The topological polar surface area (TPSA) is 101 Å². The van der Waals surface area contributed by atoms with Gasteiger partial charge in [-0.25, -0.2) is 4.98 Å². The van der Waals surface area contributed by atoms with Gasteiger partial charge >= 0.3 is 5.97 Å². The van der Waals surface area contributed by atoms with Crippen molar-refractivity contribution in [1.82, 2.24) is 15.3 Å². The Morgan fingerprint density at radius 1 is 1.36 bits per heavy atom. The number of aromatic nitrogens is 2. The van der Waals surface area contributed by atoms with Crippen LogP contribution in [0.5, 0.6) is 0 Å². The Kier molecular flexibility index (Phi) is 5.11. The van der Waals surface area contributed by atoms with E-state index in [1.165, 1.54) is 0 Å². The highest BCUT2D eigenvalue weighted by Gasteiger charge is 2.27. The summed E-state index contributed by atoms with van der Waals surface area (Å²) in [5, 5.41) is 3.34. The van der Waals surface area contributed by atoms with Crippen molar-refractivity contribution in [2.24, 2.45) is 0 Å². The Labute approximate surface area is 144 Å². The molecule has 1 aliphatic carbocycles. The number of esters is 1. The standard InChI is InChI=1S/C18H21N3O4/c1-11(17(23)19-12-9-10-12)25-16(22)8-4-7-15-20-14-6-3-2-5-13(14)18(24)21-15/h2-3,5-6,11-12H,4,7-10H2,1H3,(H,19,23)(H,20,21,24)/t11-/m1/s1. The number of hydrogen-bond acceptors (Lipinski definition) is 5. The molecule has 132 valence electrons.